The molecule has 1 amide bonds. The van der Waals surface area contributed by atoms with Crippen LogP contribution in [0.1, 0.15) is 21.6 Å². The lowest BCUT2D eigenvalue weighted by molar-refractivity contribution is -0.137. The molecule has 0 aliphatic carbocycles. The summed E-state index contributed by atoms with van der Waals surface area (Å²) in [6, 6.07) is 14.5. The minimum atomic E-state index is -4.48. The van der Waals surface area contributed by atoms with E-state index in [4.69, 9.17) is 5.26 Å². The minimum absolute atomic E-state index is 0.120. The molecule has 2 aromatic carbocycles. The largest absolute Gasteiger partial charge is 0.416 e. The number of hydrazine groups is 1. The summed E-state index contributed by atoms with van der Waals surface area (Å²) in [6.45, 7) is 0. The highest BCUT2D eigenvalue weighted by Gasteiger charge is 2.30. The number of nitrogens with zero attached hydrogens (tertiary/aromatic N) is 4. The Morgan fingerprint density at radius 3 is 2.54 bits per heavy atom. The van der Waals surface area contributed by atoms with Gasteiger partial charge in [-0.25, -0.2) is 4.68 Å². The molecule has 0 aliphatic rings. The van der Waals surface area contributed by atoms with E-state index in [9.17, 15) is 18.0 Å². The van der Waals surface area contributed by atoms with Crippen molar-refractivity contribution in [3.63, 3.8) is 0 Å². The first-order chi connectivity index (χ1) is 13.3. The number of anilines is 1. The fourth-order valence-electron chi connectivity index (χ4n) is 2.53. The number of aromatic nitrogens is 2. The third kappa shape index (κ3) is 3.96. The smallest absolute Gasteiger partial charge is 0.296 e. The summed E-state index contributed by atoms with van der Waals surface area (Å²) in [5.41, 5.74) is 3.18. The van der Waals surface area contributed by atoms with Gasteiger partial charge in [0.05, 0.1) is 34.8 Å². The Morgan fingerprint density at radius 2 is 1.89 bits per heavy atom. The Balaban J connectivity index is 1.81. The Labute approximate surface area is 158 Å². The first-order valence-corrected chi connectivity index (χ1v) is 8.06. The summed E-state index contributed by atoms with van der Waals surface area (Å²) in [4.78, 5) is 12.7. The molecule has 9 heteroatoms. The molecule has 1 N–H and O–H groups in total. The number of hydrogen-bond donors (Lipinski definition) is 1. The van der Waals surface area contributed by atoms with E-state index in [1.165, 1.54) is 36.1 Å². The molecule has 1 aromatic heterocycles. The second-order valence-corrected chi connectivity index (χ2v) is 5.84. The molecular formula is C19H14F3N5O. The molecule has 1 heterocycles. The Hall–Kier alpha value is -3.80. The van der Waals surface area contributed by atoms with Crippen LogP contribution in [0.25, 0.3) is 5.69 Å². The molecule has 28 heavy (non-hydrogen) atoms. The van der Waals surface area contributed by atoms with Crippen molar-refractivity contribution in [2.45, 2.75) is 6.18 Å². The fourth-order valence-corrected chi connectivity index (χ4v) is 2.53. The number of carbonyl (C=O) groups excluding carboxylic acids is 1. The molecule has 0 fully saturated rings. The van der Waals surface area contributed by atoms with Crippen LogP contribution in [-0.2, 0) is 6.18 Å². The van der Waals surface area contributed by atoms with Gasteiger partial charge in [0.1, 0.15) is 5.69 Å². The summed E-state index contributed by atoms with van der Waals surface area (Å²) < 4.78 is 39.9. The van der Waals surface area contributed by atoms with Crippen molar-refractivity contribution in [1.29, 1.82) is 5.26 Å². The second kappa shape index (κ2) is 7.44. The van der Waals surface area contributed by atoms with Crippen LogP contribution in [0.2, 0.25) is 0 Å². The molecule has 0 spiro atoms. The van der Waals surface area contributed by atoms with Gasteiger partial charge >= 0.3 is 6.18 Å². The van der Waals surface area contributed by atoms with E-state index in [0.29, 0.717) is 11.3 Å². The molecule has 3 rings (SSSR count). The van der Waals surface area contributed by atoms with E-state index < -0.39 is 17.6 Å². The van der Waals surface area contributed by atoms with E-state index in [1.54, 1.807) is 24.3 Å². The van der Waals surface area contributed by atoms with Gasteiger partial charge in [-0.1, -0.05) is 6.07 Å². The summed E-state index contributed by atoms with van der Waals surface area (Å²) in [5.74, 6) is -0.501. The summed E-state index contributed by atoms with van der Waals surface area (Å²) in [5, 5.41) is 14.1. The van der Waals surface area contributed by atoms with Gasteiger partial charge in [0.15, 0.2) is 0 Å². The van der Waals surface area contributed by atoms with E-state index in [2.05, 4.69) is 10.5 Å². The molecule has 0 unspecified atom stereocenters. The van der Waals surface area contributed by atoms with E-state index in [-0.39, 0.29) is 11.4 Å². The number of benzene rings is 2. The van der Waals surface area contributed by atoms with Gasteiger partial charge in [0.2, 0.25) is 0 Å². The number of nitrogens with one attached hydrogen (secondary N) is 1. The molecule has 142 valence electrons. The molecular weight excluding hydrogens is 371 g/mol. The Bertz CT molecular complexity index is 1030. The summed E-state index contributed by atoms with van der Waals surface area (Å²) in [7, 11) is 1.40. The minimum Gasteiger partial charge on any atom is -0.296 e. The lowest BCUT2D eigenvalue weighted by Gasteiger charge is -2.20. The van der Waals surface area contributed by atoms with Crippen molar-refractivity contribution >= 4 is 11.6 Å². The monoisotopic (exact) mass is 385 g/mol. The molecule has 3 aromatic rings. The average molecular weight is 385 g/mol. The van der Waals surface area contributed by atoms with Crippen molar-refractivity contribution in [2.75, 3.05) is 12.5 Å². The zero-order valence-electron chi connectivity index (χ0n) is 14.6. The zero-order valence-corrected chi connectivity index (χ0v) is 14.6. The second-order valence-electron chi connectivity index (χ2n) is 5.84. The van der Waals surface area contributed by atoms with E-state index >= 15 is 0 Å². The van der Waals surface area contributed by atoms with E-state index in [0.717, 1.165) is 17.1 Å². The molecule has 6 nitrogen and oxygen atoms in total. The molecule has 0 radical (unpaired) electrons. The number of alkyl halides is 3. The van der Waals surface area contributed by atoms with Gasteiger partial charge in [-0.15, -0.1) is 0 Å². The van der Waals surface area contributed by atoms with Crippen molar-refractivity contribution in [3.05, 3.63) is 77.6 Å². The molecule has 0 bridgehead atoms. The predicted octanol–water partition coefficient (Wildman–Crippen LogP) is 3.86. The van der Waals surface area contributed by atoms with Gasteiger partial charge in [-0.2, -0.15) is 23.5 Å². The SMILES string of the molecule is CN(Nc1cccc(C(F)(F)F)c1)C(=O)c1ccnn1-c1ccc(C#N)cc1. The molecule has 0 atom stereocenters. The first kappa shape index (κ1) is 19.0. The number of amides is 1. The predicted molar refractivity (Wildman–Crippen MR) is 95.4 cm³/mol. The van der Waals surface area contributed by atoms with Crippen LogP contribution >= 0.6 is 0 Å². The van der Waals surface area contributed by atoms with Crippen LogP contribution in [-0.4, -0.2) is 27.7 Å². The Morgan fingerprint density at radius 1 is 1.18 bits per heavy atom. The fraction of sp³-hybridized carbons (Fsp3) is 0.105. The number of rotatable bonds is 4. The van der Waals surface area contributed by atoms with Crippen LogP contribution < -0.4 is 5.43 Å². The maximum Gasteiger partial charge on any atom is 0.416 e. The third-order valence-corrected chi connectivity index (χ3v) is 3.89. The number of hydrogen-bond acceptors (Lipinski definition) is 4. The number of carbonyl (C=O) groups is 1. The van der Waals surface area contributed by atoms with Crippen molar-refractivity contribution < 1.29 is 18.0 Å². The van der Waals surface area contributed by atoms with Crippen LogP contribution in [0.4, 0.5) is 18.9 Å². The van der Waals surface area contributed by atoms with Crippen molar-refractivity contribution in [1.82, 2.24) is 14.8 Å². The molecule has 0 aliphatic heterocycles. The van der Waals surface area contributed by atoms with Crippen LogP contribution in [0.15, 0.2) is 60.8 Å². The van der Waals surface area contributed by atoms with Gasteiger partial charge in [0.25, 0.3) is 5.91 Å². The maximum absolute atomic E-state index is 12.8. The van der Waals surface area contributed by atoms with Gasteiger partial charge in [-0.05, 0) is 48.5 Å². The van der Waals surface area contributed by atoms with Crippen LogP contribution in [0, 0.1) is 11.3 Å². The number of nitriles is 1. The zero-order chi connectivity index (χ0) is 20.3. The molecule has 0 saturated carbocycles. The lowest BCUT2D eigenvalue weighted by atomic mass is 10.2. The van der Waals surface area contributed by atoms with E-state index in [1.807, 2.05) is 6.07 Å². The highest BCUT2D eigenvalue weighted by atomic mass is 19.4. The van der Waals surface area contributed by atoms with Crippen LogP contribution in [0.3, 0.4) is 0 Å². The van der Waals surface area contributed by atoms with Crippen LogP contribution in [0.5, 0.6) is 0 Å². The van der Waals surface area contributed by atoms with Crippen molar-refractivity contribution in [2.24, 2.45) is 0 Å². The van der Waals surface area contributed by atoms with Gasteiger partial charge in [-0.3, -0.25) is 15.2 Å². The standard InChI is InChI=1S/C19H14F3N5O/c1-26(25-15-4-2-3-14(11-15)19(20,21)22)18(28)17-9-10-24-27(17)16-7-5-13(12-23)6-8-16/h2-11,25H,1H3. The normalized spacial score (nSPS) is 11.0. The highest BCUT2D eigenvalue weighted by molar-refractivity contribution is 5.93. The average Bonchev–Trinajstić information content (AvgIpc) is 3.16. The maximum atomic E-state index is 12.8. The number of halogens is 3. The van der Waals surface area contributed by atoms with Crippen molar-refractivity contribution in [3.8, 4) is 11.8 Å². The summed E-state index contributed by atoms with van der Waals surface area (Å²) >= 11 is 0. The summed E-state index contributed by atoms with van der Waals surface area (Å²) in [6.07, 6.45) is -3.04. The highest BCUT2D eigenvalue weighted by Crippen LogP contribution is 2.30. The quantitative estimate of drug-likeness (QED) is 0.692. The Kier molecular flexibility index (Phi) is 5.04. The third-order valence-electron chi connectivity index (χ3n) is 3.89. The van der Waals surface area contributed by atoms with Gasteiger partial charge < -0.3 is 0 Å². The first-order valence-electron chi connectivity index (χ1n) is 8.06. The topological polar surface area (TPSA) is 74.0 Å². The lowest BCUT2D eigenvalue weighted by Crippen LogP contribution is -2.33. The van der Waals surface area contributed by atoms with Gasteiger partial charge in [0, 0.05) is 7.05 Å². The molecule has 0 saturated heterocycles.